The van der Waals surface area contributed by atoms with Crippen LogP contribution in [0.1, 0.15) is 59.6 Å². The summed E-state index contributed by atoms with van der Waals surface area (Å²) in [6, 6.07) is 15.3. The third kappa shape index (κ3) is 3.70. The maximum Gasteiger partial charge on any atom is 0.251 e. The van der Waals surface area contributed by atoms with E-state index in [0.29, 0.717) is 17.9 Å². The van der Waals surface area contributed by atoms with Gasteiger partial charge < -0.3 is 10.6 Å². The summed E-state index contributed by atoms with van der Waals surface area (Å²) in [5.74, 6) is 0.889. The van der Waals surface area contributed by atoms with Crippen LogP contribution in [0.4, 0.5) is 5.69 Å². The van der Waals surface area contributed by atoms with Crippen molar-refractivity contribution in [1.29, 1.82) is 0 Å². The number of fused-ring (bicyclic) bond motifs is 3. The molecule has 4 heteroatoms. The van der Waals surface area contributed by atoms with Crippen molar-refractivity contribution >= 4 is 23.4 Å². The molecule has 2 aromatic carbocycles. The second kappa shape index (κ2) is 8.44. The van der Waals surface area contributed by atoms with Crippen molar-refractivity contribution in [1.82, 2.24) is 5.32 Å². The first-order valence-electron chi connectivity index (χ1n) is 10.2. The molecule has 0 aromatic heterocycles. The average Bonchev–Trinajstić information content (AvgIpc) is 3.23. The topological polar surface area (TPSA) is 41.1 Å². The molecule has 4 rings (SSSR count). The van der Waals surface area contributed by atoms with E-state index in [0.717, 1.165) is 37.1 Å². The van der Waals surface area contributed by atoms with E-state index in [1.165, 1.54) is 16.0 Å². The van der Waals surface area contributed by atoms with Gasteiger partial charge in [0.05, 0.1) is 6.04 Å². The fourth-order valence-corrected chi connectivity index (χ4v) is 4.77. The van der Waals surface area contributed by atoms with Crippen molar-refractivity contribution in [3.63, 3.8) is 0 Å². The van der Waals surface area contributed by atoms with E-state index in [9.17, 15) is 4.79 Å². The van der Waals surface area contributed by atoms with Crippen molar-refractivity contribution < 1.29 is 4.79 Å². The van der Waals surface area contributed by atoms with Crippen LogP contribution in [-0.4, -0.2) is 18.7 Å². The first-order chi connectivity index (χ1) is 13.7. The van der Waals surface area contributed by atoms with Crippen molar-refractivity contribution in [3.05, 3.63) is 71.3 Å². The molecule has 1 heterocycles. The molecular weight excluding hydrogens is 364 g/mol. The molecular formula is C24H28N2OS. The molecule has 0 bridgehead atoms. The van der Waals surface area contributed by atoms with Gasteiger partial charge >= 0.3 is 0 Å². The number of anilines is 1. The second-order valence-corrected chi connectivity index (χ2v) is 8.54. The molecule has 0 saturated carbocycles. The Bertz CT molecular complexity index is 875. The van der Waals surface area contributed by atoms with E-state index in [4.69, 9.17) is 0 Å². The molecule has 146 valence electrons. The highest BCUT2D eigenvalue weighted by Gasteiger charge is 2.38. The third-order valence-corrected chi connectivity index (χ3v) is 6.66. The quantitative estimate of drug-likeness (QED) is 0.373. The number of benzene rings is 2. The highest BCUT2D eigenvalue weighted by molar-refractivity contribution is 7.98. The van der Waals surface area contributed by atoms with E-state index in [-0.39, 0.29) is 5.91 Å². The van der Waals surface area contributed by atoms with Crippen LogP contribution < -0.4 is 10.6 Å². The van der Waals surface area contributed by atoms with Gasteiger partial charge in [0, 0.05) is 28.6 Å². The summed E-state index contributed by atoms with van der Waals surface area (Å²) in [5, 5.41) is 6.79. The zero-order valence-electron chi connectivity index (χ0n) is 16.6. The molecule has 1 aliphatic heterocycles. The fourth-order valence-electron chi connectivity index (χ4n) is 4.36. The van der Waals surface area contributed by atoms with E-state index < -0.39 is 0 Å². The highest BCUT2D eigenvalue weighted by Crippen LogP contribution is 2.50. The van der Waals surface area contributed by atoms with Gasteiger partial charge in [0.25, 0.3) is 5.91 Å². The van der Waals surface area contributed by atoms with Crippen LogP contribution in [-0.2, 0) is 0 Å². The number of carbonyl (C=O) groups is 1. The Morgan fingerprint density at radius 2 is 2.04 bits per heavy atom. The minimum absolute atomic E-state index is 0.0320. The Morgan fingerprint density at radius 1 is 1.21 bits per heavy atom. The zero-order valence-corrected chi connectivity index (χ0v) is 17.4. The number of rotatable bonds is 6. The number of hydrogen-bond acceptors (Lipinski definition) is 3. The summed E-state index contributed by atoms with van der Waals surface area (Å²) in [6.07, 6.45) is 9.90. The van der Waals surface area contributed by atoms with Crippen molar-refractivity contribution in [2.24, 2.45) is 5.92 Å². The van der Waals surface area contributed by atoms with E-state index in [2.05, 4.69) is 72.4 Å². The predicted octanol–water partition coefficient (Wildman–Crippen LogP) is 5.76. The number of nitrogens with one attached hydrogen (secondary N) is 2. The van der Waals surface area contributed by atoms with E-state index in [1.54, 1.807) is 11.8 Å². The Hall–Kier alpha value is -2.20. The van der Waals surface area contributed by atoms with Crippen molar-refractivity contribution in [2.75, 3.05) is 18.1 Å². The summed E-state index contributed by atoms with van der Waals surface area (Å²) >= 11 is 1.77. The number of allylic oxidation sites excluding steroid dienone is 2. The van der Waals surface area contributed by atoms with Crippen LogP contribution in [0.25, 0.3) is 0 Å². The standard InChI is InChI=1S/C24H28N2OS/c1-3-4-14-25-24(27)17-10-13-22-21(15-17)19-6-5-7-20(19)23(26-22)16-8-11-18(28-2)12-9-16/h5-6,8-13,15,19-20,23,26H,3-4,7,14H2,1-2H3,(H,25,27). The van der Waals surface area contributed by atoms with Gasteiger partial charge in [0.15, 0.2) is 0 Å². The van der Waals surface area contributed by atoms with Gasteiger partial charge in [-0.2, -0.15) is 0 Å². The maximum atomic E-state index is 12.5. The summed E-state index contributed by atoms with van der Waals surface area (Å²) in [6.45, 7) is 2.87. The lowest BCUT2D eigenvalue weighted by Crippen LogP contribution is -2.30. The molecule has 3 unspecified atom stereocenters. The molecule has 0 radical (unpaired) electrons. The largest absolute Gasteiger partial charge is 0.378 e. The SMILES string of the molecule is CCCCNC(=O)c1ccc2c(c1)C1C=CCC1C(c1ccc(SC)cc1)N2. The van der Waals surface area contributed by atoms with Crippen LogP contribution in [0.5, 0.6) is 0 Å². The lowest BCUT2D eigenvalue weighted by Gasteiger charge is -2.37. The number of amides is 1. The molecule has 2 N–H and O–H groups in total. The van der Waals surface area contributed by atoms with E-state index >= 15 is 0 Å². The Kier molecular flexibility index (Phi) is 5.77. The van der Waals surface area contributed by atoms with Gasteiger partial charge in [-0.15, -0.1) is 11.8 Å². The van der Waals surface area contributed by atoms with Crippen LogP contribution in [0.3, 0.4) is 0 Å². The monoisotopic (exact) mass is 392 g/mol. The second-order valence-electron chi connectivity index (χ2n) is 7.66. The number of hydrogen-bond donors (Lipinski definition) is 2. The molecule has 2 aromatic rings. The minimum Gasteiger partial charge on any atom is -0.378 e. The summed E-state index contributed by atoms with van der Waals surface area (Å²) in [5.41, 5.74) is 4.50. The van der Waals surface area contributed by atoms with Crippen LogP contribution in [0, 0.1) is 5.92 Å². The van der Waals surface area contributed by atoms with Crippen molar-refractivity contribution in [3.8, 4) is 0 Å². The molecule has 3 nitrogen and oxygen atoms in total. The normalized spacial score (nSPS) is 22.3. The molecule has 28 heavy (non-hydrogen) atoms. The smallest absolute Gasteiger partial charge is 0.251 e. The molecule has 0 fully saturated rings. The molecule has 0 spiro atoms. The lowest BCUT2D eigenvalue weighted by molar-refractivity contribution is 0.0953. The maximum absolute atomic E-state index is 12.5. The summed E-state index contributed by atoms with van der Waals surface area (Å²) in [7, 11) is 0. The first kappa shape index (κ1) is 19.1. The first-order valence-corrected chi connectivity index (χ1v) is 11.4. The van der Waals surface area contributed by atoms with Gasteiger partial charge in [-0.25, -0.2) is 0 Å². The summed E-state index contributed by atoms with van der Waals surface area (Å²) in [4.78, 5) is 13.8. The van der Waals surface area contributed by atoms with Gasteiger partial charge in [0.2, 0.25) is 0 Å². The molecule has 1 amide bonds. The predicted molar refractivity (Wildman–Crippen MR) is 118 cm³/mol. The van der Waals surface area contributed by atoms with Gasteiger partial charge in [0.1, 0.15) is 0 Å². The molecule has 2 aliphatic rings. The molecule has 3 atom stereocenters. The Labute approximate surface area is 172 Å². The van der Waals surface area contributed by atoms with Gasteiger partial charge in [-0.3, -0.25) is 4.79 Å². The highest BCUT2D eigenvalue weighted by atomic mass is 32.2. The Morgan fingerprint density at radius 3 is 2.79 bits per heavy atom. The fraction of sp³-hybridized carbons (Fsp3) is 0.375. The van der Waals surface area contributed by atoms with Gasteiger partial charge in [-0.1, -0.05) is 37.6 Å². The van der Waals surface area contributed by atoms with Gasteiger partial charge in [-0.05, 0) is 66.5 Å². The summed E-state index contributed by atoms with van der Waals surface area (Å²) < 4.78 is 0. The number of carbonyl (C=O) groups excluding carboxylic acids is 1. The molecule has 0 saturated heterocycles. The minimum atomic E-state index is 0.0320. The molecule has 1 aliphatic carbocycles. The van der Waals surface area contributed by atoms with Crippen LogP contribution in [0.15, 0.2) is 59.5 Å². The van der Waals surface area contributed by atoms with E-state index in [1.807, 2.05) is 6.07 Å². The average molecular weight is 393 g/mol. The number of unbranched alkanes of at least 4 members (excludes halogenated alkanes) is 1. The zero-order chi connectivity index (χ0) is 19.5. The Balaban J connectivity index is 1.60. The third-order valence-electron chi connectivity index (χ3n) is 5.92. The van der Waals surface area contributed by atoms with Crippen LogP contribution >= 0.6 is 11.8 Å². The van der Waals surface area contributed by atoms with Crippen LogP contribution in [0.2, 0.25) is 0 Å². The number of thioether (sulfide) groups is 1. The van der Waals surface area contributed by atoms with Crippen molar-refractivity contribution in [2.45, 2.75) is 43.0 Å². The lowest BCUT2D eigenvalue weighted by atomic mass is 9.76.